The number of aliphatic carboxylic acids is 1. The second-order valence-corrected chi connectivity index (χ2v) is 4.08. The van der Waals surface area contributed by atoms with Crippen LogP contribution in [0.4, 0.5) is 0 Å². The second kappa shape index (κ2) is 4.57. The van der Waals surface area contributed by atoms with Crippen LogP contribution in [0.3, 0.4) is 0 Å². The fourth-order valence-corrected chi connectivity index (χ4v) is 1.95. The Kier molecular flexibility index (Phi) is 3.13. The van der Waals surface area contributed by atoms with E-state index >= 15 is 0 Å². The number of Topliss-reactive ketones (excluding diaryl/α,β-unsaturated/α-hetero) is 1. The molecule has 2 rings (SSSR count). The highest BCUT2D eigenvalue weighted by molar-refractivity contribution is 6.09. The van der Waals surface area contributed by atoms with Gasteiger partial charge in [0.2, 0.25) is 0 Å². The van der Waals surface area contributed by atoms with Gasteiger partial charge < -0.3 is 9.84 Å². The van der Waals surface area contributed by atoms with Gasteiger partial charge in [-0.2, -0.15) is 0 Å². The number of carbonyl (C=O) groups is 2. The number of hydrogen-bond donors (Lipinski definition) is 1. The van der Waals surface area contributed by atoms with Gasteiger partial charge in [-0.3, -0.25) is 9.59 Å². The van der Waals surface area contributed by atoms with Gasteiger partial charge in [0.25, 0.3) is 0 Å². The zero-order chi connectivity index (χ0) is 12.4. The topological polar surface area (TPSA) is 63.6 Å². The molecule has 1 atom stereocenters. The lowest BCUT2D eigenvalue weighted by molar-refractivity contribution is -0.140. The van der Waals surface area contributed by atoms with Gasteiger partial charge in [0.05, 0.1) is 12.2 Å². The molecule has 0 fully saturated rings. The number of carbonyl (C=O) groups excluding carboxylic acids is 1. The molecule has 0 aliphatic carbocycles. The molecule has 1 aromatic carbocycles. The van der Waals surface area contributed by atoms with Crippen molar-refractivity contribution in [1.29, 1.82) is 0 Å². The fraction of sp³-hybridized carbons (Fsp3) is 0.385. The van der Waals surface area contributed by atoms with E-state index in [-0.39, 0.29) is 18.8 Å². The van der Waals surface area contributed by atoms with E-state index in [4.69, 9.17) is 9.84 Å². The summed E-state index contributed by atoms with van der Waals surface area (Å²) in [4.78, 5) is 23.0. The first-order valence-corrected chi connectivity index (χ1v) is 5.66. The van der Waals surface area contributed by atoms with Gasteiger partial charge in [0.1, 0.15) is 11.7 Å². The number of ketones is 1. The van der Waals surface area contributed by atoms with Crippen molar-refractivity contribution < 1.29 is 19.4 Å². The van der Waals surface area contributed by atoms with Crippen molar-refractivity contribution in [2.75, 3.05) is 6.61 Å². The third-order valence-corrected chi connectivity index (χ3v) is 3.00. The van der Waals surface area contributed by atoms with Crippen LogP contribution in [0.5, 0.6) is 5.75 Å². The fourth-order valence-electron chi connectivity index (χ4n) is 1.95. The summed E-state index contributed by atoms with van der Waals surface area (Å²) in [5, 5.41) is 8.98. The molecule has 0 aromatic heterocycles. The number of hydrogen-bond acceptors (Lipinski definition) is 3. The van der Waals surface area contributed by atoms with Gasteiger partial charge in [0, 0.05) is 6.42 Å². The lowest BCUT2D eigenvalue weighted by Gasteiger charge is -2.08. The zero-order valence-electron chi connectivity index (χ0n) is 9.60. The van der Waals surface area contributed by atoms with Crippen molar-refractivity contribution >= 4 is 11.8 Å². The lowest BCUT2D eigenvalue weighted by atomic mass is 9.94. The van der Waals surface area contributed by atoms with E-state index in [9.17, 15) is 9.59 Å². The van der Waals surface area contributed by atoms with Gasteiger partial charge in [-0.1, -0.05) is 13.0 Å². The molecular formula is C13H14O4. The Bertz CT molecular complexity index is 464. The summed E-state index contributed by atoms with van der Waals surface area (Å²) in [7, 11) is 0. The molecule has 1 aromatic rings. The van der Waals surface area contributed by atoms with Gasteiger partial charge in [0.15, 0.2) is 5.78 Å². The average Bonchev–Trinajstić information content (AvgIpc) is 2.48. The molecule has 1 aliphatic rings. The van der Waals surface area contributed by atoms with E-state index < -0.39 is 11.9 Å². The molecule has 1 unspecified atom stereocenters. The van der Waals surface area contributed by atoms with Crippen LogP contribution in [-0.2, 0) is 11.2 Å². The van der Waals surface area contributed by atoms with Crippen LogP contribution in [0.25, 0.3) is 0 Å². The van der Waals surface area contributed by atoms with Crippen LogP contribution in [0.15, 0.2) is 18.2 Å². The molecule has 17 heavy (non-hydrogen) atoms. The SMILES string of the molecule is CCc1ccc2c(c1)OCCC(C(=O)O)C2=O. The van der Waals surface area contributed by atoms with Gasteiger partial charge in [-0.25, -0.2) is 0 Å². The molecule has 4 heteroatoms. The van der Waals surface area contributed by atoms with Gasteiger partial charge >= 0.3 is 5.97 Å². The van der Waals surface area contributed by atoms with E-state index in [1.54, 1.807) is 6.07 Å². The van der Waals surface area contributed by atoms with Crippen molar-refractivity contribution in [2.45, 2.75) is 19.8 Å². The van der Waals surface area contributed by atoms with Gasteiger partial charge in [-0.05, 0) is 24.1 Å². The molecular weight excluding hydrogens is 220 g/mol. The first-order chi connectivity index (χ1) is 8.13. The van der Waals surface area contributed by atoms with Crippen molar-refractivity contribution in [3.05, 3.63) is 29.3 Å². The van der Waals surface area contributed by atoms with E-state index in [0.29, 0.717) is 11.3 Å². The van der Waals surface area contributed by atoms with Crippen molar-refractivity contribution in [3.8, 4) is 5.75 Å². The number of ether oxygens (including phenoxy) is 1. The van der Waals surface area contributed by atoms with Crippen molar-refractivity contribution in [1.82, 2.24) is 0 Å². The Balaban J connectivity index is 2.42. The summed E-state index contributed by atoms with van der Waals surface area (Å²) in [6, 6.07) is 5.32. The molecule has 4 nitrogen and oxygen atoms in total. The number of benzene rings is 1. The Morgan fingerprint density at radius 1 is 1.53 bits per heavy atom. The predicted octanol–water partition coefficient (Wildman–Crippen LogP) is 1.91. The van der Waals surface area contributed by atoms with Crippen molar-refractivity contribution in [3.63, 3.8) is 0 Å². The smallest absolute Gasteiger partial charge is 0.314 e. The highest BCUT2D eigenvalue weighted by Gasteiger charge is 2.31. The minimum absolute atomic E-state index is 0.226. The Hall–Kier alpha value is -1.84. The molecule has 1 N–H and O–H groups in total. The molecule has 0 radical (unpaired) electrons. The van der Waals surface area contributed by atoms with E-state index in [1.165, 1.54) is 0 Å². The van der Waals surface area contributed by atoms with Crippen molar-refractivity contribution in [2.24, 2.45) is 5.92 Å². The van der Waals surface area contributed by atoms with Crippen LogP contribution in [-0.4, -0.2) is 23.5 Å². The number of aryl methyl sites for hydroxylation is 1. The monoisotopic (exact) mass is 234 g/mol. The van der Waals surface area contributed by atoms with Crippen LogP contribution >= 0.6 is 0 Å². The van der Waals surface area contributed by atoms with Gasteiger partial charge in [-0.15, -0.1) is 0 Å². The van der Waals surface area contributed by atoms with E-state index in [0.717, 1.165) is 12.0 Å². The summed E-state index contributed by atoms with van der Waals surface area (Å²) < 4.78 is 5.46. The van der Waals surface area contributed by atoms with E-state index in [2.05, 4.69) is 0 Å². The largest absolute Gasteiger partial charge is 0.493 e. The number of fused-ring (bicyclic) bond motifs is 1. The summed E-state index contributed by atoms with van der Waals surface area (Å²) >= 11 is 0. The second-order valence-electron chi connectivity index (χ2n) is 4.08. The lowest BCUT2D eigenvalue weighted by Crippen LogP contribution is -2.23. The predicted molar refractivity (Wildman–Crippen MR) is 61.4 cm³/mol. The zero-order valence-corrected chi connectivity index (χ0v) is 9.60. The summed E-state index contributed by atoms with van der Waals surface area (Å²) in [6.45, 7) is 2.28. The minimum Gasteiger partial charge on any atom is -0.493 e. The van der Waals surface area contributed by atoms with Crippen LogP contribution in [0, 0.1) is 5.92 Å². The molecule has 0 saturated carbocycles. The average molecular weight is 234 g/mol. The molecule has 0 spiro atoms. The quantitative estimate of drug-likeness (QED) is 0.794. The standard InChI is InChI=1S/C13H14O4/c1-2-8-3-4-9-11(7-8)17-6-5-10(12(9)14)13(15)16/h3-4,7,10H,2,5-6H2,1H3,(H,15,16). The summed E-state index contributed by atoms with van der Waals surface area (Å²) in [5.41, 5.74) is 1.46. The molecule has 90 valence electrons. The van der Waals surface area contributed by atoms with Crippen LogP contribution in [0.1, 0.15) is 29.3 Å². The normalized spacial score (nSPS) is 19.1. The first kappa shape index (κ1) is 11.6. The molecule has 1 aliphatic heterocycles. The molecule has 0 bridgehead atoms. The number of rotatable bonds is 2. The Morgan fingerprint density at radius 2 is 2.29 bits per heavy atom. The Labute approximate surface area is 99.2 Å². The molecule has 0 amide bonds. The third kappa shape index (κ3) is 2.16. The van der Waals surface area contributed by atoms with Crippen LogP contribution < -0.4 is 4.74 Å². The summed E-state index contributed by atoms with van der Waals surface area (Å²) in [5.74, 6) is -1.90. The molecule has 0 saturated heterocycles. The Morgan fingerprint density at radius 3 is 2.94 bits per heavy atom. The number of carboxylic acids is 1. The molecule has 1 heterocycles. The van der Waals surface area contributed by atoms with Crippen LogP contribution in [0.2, 0.25) is 0 Å². The maximum atomic E-state index is 12.0. The minimum atomic E-state index is -1.08. The highest BCUT2D eigenvalue weighted by atomic mass is 16.5. The maximum Gasteiger partial charge on any atom is 0.314 e. The first-order valence-electron chi connectivity index (χ1n) is 5.66. The third-order valence-electron chi connectivity index (χ3n) is 3.00. The number of carboxylic acid groups (broad SMARTS) is 1. The summed E-state index contributed by atoms with van der Waals surface area (Å²) in [6.07, 6.45) is 1.08. The maximum absolute atomic E-state index is 12.0. The van der Waals surface area contributed by atoms with E-state index in [1.807, 2.05) is 19.1 Å². The highest BCUT2D eigenvalue weighted by Crippen LogP contribution is 2.28.